The molecule has 0 aliphatic heterocycles. The fraction of sp³-hybridized carbons (Fsp3) is 1.00. The van der Waals surface area contributed by atoms with Crippen LogP contribution in [0.25, 0.3) is 0 Å². The molecule has 1 rings (SSSR count). The van der Waals surface area contributed by atoms with Crippen molar-refractivity contribution >= 4 is 11.8 Å². The molecule has 1 aliphatic carbocycles. The molecule has 1 fully saturated rings. The average molecular weight is 217 g/mol. The van der Waals surface area contributed by atoms with E-state index in [-0.39, 0.29) is 6.10 Å². The summed E-state index contributed by atoms with van der Waals surface area (Å²) < 4.78 is 0. The van der Waals surface area contributed by atoms with Crippen LogP contribution in [0.3, 0.4) is 0 Å². The Morgan fingerprint density at radius 2 is 2.29 bits per heavy atom. The fourth-order valence-corrected chi connectivity index (χ4v) is 2.62. The standard InChI is InChI=1S/C11H23NOS/c1-2-14-7-3-6-12-9-10-4-5-11(13)8-10/h10-13H,2-9H2,1H3. The molecule has 84 valence electrons. The normalized spacial score (nSPS) is 27.0. The van der Waals surface area contributed by atoms with Gasteiger partial charge in [-0.15, -0.1) is 0 Å². The van der Waals surface area contributed by atoms with E-state index in [9.17, 15) is 5.11 Å². The van der Waals surface area contributed by atoms with Crippen LogP contribution in [0.4, 0.5) is 0 Å². The SMILES string of the molecule is CCSCCCNCC1CCC(O)C1. The third-order valence-corrected chi connectivity index (χ3v) is 3.78. The fourth-order valence-electron chi connectivity index (χ4n) is 1.98. The van der Waals surface area contributed by atoms with Crippen molar-refractivity contribution in [3.63, 3.8) is 0 Å². The van der Waals surface area contributed by atoms with E-state index >= 15 is 0 Å². The van der Waals surface area contributed by atoms with E-state index in [1.54, 1.807) is 0 Å². The van der Waals surface area contributed by atoms with Crippen molar-refractivity contribution in [3.8, 4) is 0 Å². The summed E-state index contributed by atoms with van der Waals surface area (Å²) in [5, 5.41) is 12.8. The minimum absolute atomic E-state index is 0.0163. The predicted octanol–water partition coefficient (Wildman–Crippen LogP) is 1.88. The smallest absolute Gasteiger partial charge is 0.0543 e. The number of hydrogen-bond acceptors (Lipinski definition) is 3. The molecule has 1 saturated carbocycles. The topological polar surface area (TPSA) is 32.3 Å². The van der Waals surface area contributed by atoms with E-state index in [1.165, 1.54) is 24.3 Å². The molecular formula is C11H23NOS. The lowest BCUT2D eigenvalue weighted by atomic mass is 10.1. The lowest BCUT2D eigenvalue weighted by molar-refractivity contribution is 0.177. The summed E-state index contributed by atoms with van der Waals surface area (Å²) in [6.07, 6.45) is 4.48. The van der Waals surface area contributed by atoms with Gasteiger partial charge in [0.25, 0.3) is 0 Å². The van der Waals surface area contributed by atoms with Gasteiger partial charge in [0.1, 0.15) is 0 Å². The molecule has 0 spiro atoms. The van der Waals surface area contributed by atoms with Crippen molar-refractivity contribution < 1.29 is 5.11 Å². The van der Waals surface area contributed by atoms with Crippen LogP contribution in [0.2, 0.25) is 0 Å². The first-order valence-corrected chi connectivity index (χ1v) is 6.95. The molecule has 2 atom stereocenters. The lowest BCUT2D eigenvalue weighted by Gasteiger charge is -2.10. The largest absolute Gasteiger partial charge is 0.393 e. The van der Waals surface area contributed by atoms with Crippen LogP contribution >= 0.6 is 11.8 Å². The van der Waals surface area contributed by atoms with Gasteiger partial charge in [-0.2, -0.15) is 11.8 Å². The zero-order valence-electron chi connectivity index (χ0n) is 9.17. The number of nitrogens with one attached hydrogen (secondary N) is 1. The van der Waals surface area contributed by atoms with Crippen molar-refractivity contribution in [2.24, 2.45) is 5.92 Å². The summed E-state index contributed by atoms with van der Waals surface area (Å²) in [6.45, 7) is 4.45. The molecule has 0 aromatic heterocycles. The van der Waals surface area contributed by atoms with E-state index in [0.717, 1.165) is 31.8 Å². The van der Waals surface area contributed by atoms with Gasteiger partial charge < -0.3 is 10.4 Å². The number of hydrogen-bond donors (Lipinski definition) is 2. The van der Waals surface area contributed by atoms with Gasteiger partial charge in [-0.05, 0) is 56.2 Å². The number of aliphatic hydroxyl groups is 1. The van der Waals surface area contributed by atoms with Gasteiger partial charge in [0.05, 0.1) is 6.10 Å². The van der Waals surface area contributed by atoms with Crippen LogP contribution < -0.4 is 5.32 Å². The average Bonchev–Trinajstić information content (AvgIpc) is 2.58. The lowest BCUT2D eigenvalue weighted by Crippen LogP contribution is -2.23. The van der Waals surface area contributed by atoms with Crippen LogP contribution in [0, 0.1) is 5.92 Å². The first kappa shape index (κ1) is 12.3. The molecule has 2 N–H and O–H groups in total. The van der Waals surface area contributed by atoms with Crippen LogP contribution in [-0.2, 0) is 0 Å². The molecule has 0 aromatic carbocycles. The number of rotatable bonds is 7. The van der Waals surface area contributed by atoms with Crippen molar-refractivity contribution in [1.29, 1.82) is 0 Å². The van der Waals surface area contributed by atoms with E-state index in [0.29, 0.717) is 0 Å². The Balaban J connectivity index is 1.84. The maximum absolute atomic E-state index is 9.34. The minimum atomic E-state index is -0.0163. The third kappa shape index (κ3) is 5.23. The van der Waals surface area contributed by atoms with Crippen LogP contribution in [0.15, 0.2) is 0 Å². The van der Waals surface area contributed by atoms with E-state index < -0.39 is 0 Å². The molecule has 0 radical (unpaired) electrons. The molecule has 14 heavy (non-hydrogen) atoms. The quantitative estimate of drug-likeness (QED) is 0.639. The van der Waals surface area contributed by atoms with Crippen molar-refractivity contribution in [3.05, 3.63) is 0 Å². The second-order valence-electron chi connectivity index (χ2n) is 4.09. The Kier molecular flexibility index (Phi) is 6.65. The maximum atomic E-state index is 9.34. The third-order valence-electron chi connectivity index (χ3n) is 2.79. The van der Waals surface area contributed by atoms with Crippen molar-refractivity contribution in [1.82, 2.24) is 5.32 Å². The molecule has 0 amide bonds. The van der Waals surface area contributed by atoms with Gasteiger partial charge >= 0.3 is 0 Å². The molecule has 0 bridgehead atoms. The maximum Gasteiger partial charge on any atom is 0.0543 e. The predicted molar refractivity (Wildman–Crippen MR) is 63.8 cm³/mol. The van der Waals surface area contributed by atoms with Gasteiger partial charge in [0, 0.05) is 0 Å². The molecule has 2 unspecified atom stereocenters. The van der Waals surface area contributed by atoms with E-state index in [1.807, 2.05) is 11.8 Å². The summed E-state index contributed by atoms with van der Waals surface area (Å²) in [5.74, 6) is 3.23. The van der Waals surface area contributed by atoms with Crippen molar-refractivity contribution in [2.75, 3.05) is 24.6 Å². The Hall–Kier alpha value is 0.270. The second-order valence-corrected chi connectivity index (χ2v) is 5.48. The van der Waals surface area contributed by atoms with E-state index in [4.69, 9.17) is 0 Å². The highest BCUT2D eigenvalue weighted by molar-refractivity contribution is 7.99. The second kappa shape index (κ2) is 7.55. The summed E-state index contributed by atoms with van der Waals surface area (Å²) in [6, 6.07) is 0. The minimum Gasteiger partial charge on any atom is -0.393 e. The summed E-state index contributed by atoms with van der Waals surface area (Å²) in [4.78, 5) is 0. The van der Waals surface area contributed by atoms with Crippen LogP contribution in [0.1, 0.15) is 32.6 Å². The Labute approximate surface area is 91.9 Å². The summed E-state index contributed by atoms with van der Waals surface area (Å²) in [7, 11) is 0. The van der Waals surface area contributed by atoms with E-state index in [2.05, 4.69) is 12.2 Å². The molecule has 2 nitrogen and oxygen atoms in total. The molecular weight excluding hydrogens is 194 g/mol. The first-order valence-electron chi connectivity index (χ1n) is 5.79. The highest BCUT2D eigenvalue weighted by Crippen LogP contribution is 2.24. The highest BCUT2D eigenvalue weighted by atomic mass is 32.2. The molecule has 0 saturated heterocycles. The van der Waals surface area contributed by atoms with Gasteiger partial charge in [-0.3, -0.25) is 0 Å². The zero-order chi connectivity index (χ0) is 10.2. The first-order chi connectivity index (χ1) is 6.83. The zero-order valence-corrected chi connectivity index (χ0v) is 9.98. The Bertz CT molecular complexity index is 143. The number of aliphatic hydroxyl groups excluding tert-OH is 1. The van der Waals surface area contributed by atoms with Crippen LogP contribution in [-0.4, -0.2) is 35.8 Å². The van der Waals surface area contributed by atoms with Gasteiger partial charge in [0.2, 0.25) is 0 Å². The van der Waals surface area contributed by atoms with Gasteiger partial charge in [-0.25, -0.2) is 0 Å². The monoisotopic (exact) mass is 217 g/mol. The number of thioether (sulfide) groups is 1. The van der Waals surface area contributed by atoms with Crippen molar-refractivity contribution in [2.45, 2.75) is 38.7 Å². The summed E-state index contributed by atoms with van der Waals surface area (Å²) in [5.41, 5.74) is 0. The van der Waals surface area contributed by atoms with Gasteiger partial charge in [0.15, 0.2) is 0 Å². The van der Waals surface area contributed by atoms with Gasteiger partial charge in [-0.1, -0.05) is 6.92 Å². The Morgan fingerprint density at radius 3 is 2.93 bits per heavy atom. The highest BCUT2D eigenvalue weighted by Gasteiger charge is 2.21. The summed E-state index contributed by atoms with van der Waals surface area (Å²) >= 11 is 2.01. The molecule has 0 aromatic rings. The Morgan fingerprint density at radius 1 is 1.43 bits per heavy atom. The molecule has 0 heterocycles. The molecule has 3 heteroatoms. The van der Waals surface area contributed by atoms with Crippen LogP contribution in [0.5, 0.6) is 0 Å². The molecule has 1 aliphatic rings.